The van der Waals surface area contributed by atoms with E-state index < -0.39 is 59.3 Å². The summed E-state index contributed by atoms with van der Waals surface area (Å²) in [4.78, 5) is 47.9. The Morgan fingerprint density at radius 2 is 1.82 bits per heavy atom. The number of aliphatic hydroxyl groups is 1. The van der Waals surface area contributed by atoms with Crippen molar-refractivity contribution in [1.29, 1.82) is 0 Å². The number of carboxylic acids is 2. The van der Waals surface area contributed by atoms with E-state index in [2.05, 4.69) is 10.6 Å². The molecule has 12 nitrogen and oxygen atoms in total. The van der Waals surface area contributed by atoms with Crippen LogP contribution in [-0.2, 0) is 19.1 Å². The van der Waals surface area contributed by atoms with Crippen molar-refractivity contribution in [3.8, 4) is 5.75 Å². The molecular formula is C19H23Cl2N3O9. The third-order valence-electron chi connectivity index (χ3n) is 5.43. The summed E-state index contributed by atoms with van der Waals surface area (Å²) in [6, 6.07) is -1.77. The van der Waals surface area contributed by atoms with E-state index in [4.69, 9.17) is 38.8 Å². The van der Waals surface area contributed by atoms with E-state index in [0.29, 0.717) is 0 Å². The van der Waals surface area contributed by atoms with Crippen molar-refractivity contribution >= 4 is 47.0 Å². The van der Waals surface area contributed by atoms with Gasteiger partial charge in [-0.2, -0.15) is 0 Å². The molecule has 0 radical (unpaired) electrons. The number of benzene rings is 1. The molecule has 5 atom stereocenters. The lowest BCUT2D eigenvalue weighted by Gasteiger charge is -2.34. The van der Waals surface area contributed by atoms with Gasteiger partial charge in [-0.3, -0.25) is 14.9 Å². The minimum absolute atomic E-state index is 0.0874. The Balaban J connectivity index is 2.19. The highest BCUT2D eigenvalue weighted by Gasteiger charge is 2.54. The summed E-state index contributed by atoms with van der Waals surface area (Å²) < 4.78 is 4.70. The minimum Gasteiger partial charge on any atom is -0.505 e. The lowest BCUT2D eigenvalue weighted by atomic mass is 9.86. The summed E-state index contributed by atoms with van der Waals surface area (Å²) in [6.07, 6.45) is -2.04. The van der Waals surface area contributed by atoms with Crippen molar-refractivity contribution in [3.05, 3.63) is 27.7 Å². The average Bonchev–Trinajstić information content (AvgIpc) is 3.19. The number of hydrogen-bond donors (Lipinski definition) is 7. The smallest absolute Gasteiger partial charge is 0.328 e. The van der Waals surface area contributed by atoms with Gasteiger partial charge in [0, 0.05) is 11.6 Å². The van der Waals surface area contributed by atoms with E-state index in [9.17, 15) is 34.5 Å². The van der Waals surface area contributed by atoms with Crippen LogP contribution >= 0.6 is 23.2 Å². The molecule has 14 heteroatoms. The number of carbonyl (C=O) groups excluding carboxylic acids is 2. The Hall–Kier alpha value is -2.64. The summed E-state index contributed by atoms with van der Waals surface area (Å²) in [5.41, 5.74) is 3.52. The van der Waals surface area contributed by atoms with Crippen LogP contribution in [0.3, 0.4) is 0 Å². The Kier molecular flexibility index (Phi) is 8.49. The molecule has 1 aliphatic rings. The summed E-state index contributed by atoms with van der Waals surface area (Å²) in [5, 5.41) is 43.4. The molecule has 0 saturated carbocycles. The minimum atomic E-state index is -1.87. The number of carboxylic acid groups (broad SMARTS) is 2. The molecular weight excluding hydrogens is 485 g/mol. The molecule has 0 unspecified atom stereocenters. The monoisotopic (exact) mass is 507 g/mol. The van der Waals surface area contributed by atoms with Crippen LogP contribution in [0.15, 0.2) is 12.1 Å². The number of phenolic OH excluding ortho intramolecular Hbond substituents is 1. The van der Waals surface area contributed by atoms with E-state index in [1.54, 1.807) is 0 Å². The molecule has 0 bridgehead atoms. The number of hydrogen-bond acceptors (Lipinski definition) is 9. The van der Waals surface area contributed by atoms with Crippen LogP contribution in [-0.4, -0.2) is 81.1 Å². The average molecular weight is 508 g/mol. The zero-order valence-electron chi connectivity index (χ0n) is 17.2. The number of methoxy groups -OCH3 is 1. The highest BCUT2D eigenvalue weighted by atomic mass is 35.5. The lowest BCUT2D eigenvalue weighted by molar-refractivity contribution is -0.156. The number of nitrogens with one attached hydrogen (secondary N) is 2. The normalized spacial score (nSPS) is 22.8. The van der Waals surface area contributed by atoms with Crippen LogP contribution < -0.4 is 16.4 Å². The maximum atomic E-state index is 12.5. The summed E-state index contributed by atoms with van der Waals surface area (Å²) in [5.74, 6) is -5.16. The van der Waals surface area contributed by atoms with Crippen LogP contribution in [0.2, 0.25) is 10.0 Å². The predicted molar refractivity (Wildman–Crippen MR) is 114 cm³/mol. The van der Waals surface area contributed by atoms with Crippen molar-refractivity contribution in [2.45, 2.75) is 49.0 Å². The van der Waals surface area contributed by atoms with Gasteiger partial charge in [0.1, 0.15) is 23.7 Å². The Labute approximate surface area is 197 Å². The van der Waals surface area contributed by atoms with Gasteiger partial charge in [0.2, 0.25) is 0 Å². The van der Waals surface area contributed by atoms with Crippen LogP contribution in [0.25, 0.3) is 0 Å². The third kappa shape index (κ3) is 5.65. The quantitative estimate of drug-likeness (QED) is 0.216. The van der Waals surface area contributed by atoms with Crippen LogP contribution in [0, 0.1) is 0 Å². The second kappa shape index (κ2) is 10.5. The molecule has 1 heterocycles. The number of rotatable bonds is 9. The van der Waals surface area contributed by atoms with Gasteiger partial charge in [-0.1, -0.05) is 23.2 Å². The second-order valence-corrected chi connectivity index (χ2v) is 8.35. The third-order valence-corrected chi connectivity index (χ3v) is 6.01. The Morgan fingerprint density at radius 1 is 1.24 bits per heavy atom. The van der Waals surface area contributed by atoms with Crippen LogP contribution in [0.1, 0.15) is 29.6 Å². The predicted octanol–water partition coefficient (Wildman–Crippen LogP) is -0.291. The molecule has 0 spiro atoms. The van der Waals surface area contributed by atoms with Crippen LogP contribution in [0.4, 0.5) is 0 Å². The molecule has 1 amide bonds. The van der Waals surface area contributed by atoms with Crippen LogP contribution in [0.5, 0.6) is 5.75 Å². The first-order valence-corrected chi connectivity index (χ1v) is 10.3. The number of ether oxygens (including phenoxy) is 1. The number of amides is 1. The molecule has 0 aliphatic carbocycles. The van der Waals surface area contributed by atoms with Gasteiger partial charge in [0.25, 0.3) is 5.91 Å². The number of nitrogens with two attached hydrogens (primary N) is 1. The van der Waals surface area contributed by atoms with Gasteiger partial charge in [-0.15, -0.1) is 0 Å². The number of aliphatic hydroxyl groups excluding tert-OH is 1. The van der Waals surface area contributed by atoms with E-state index in [0.717, 1.165) is 19.2 Å². The van der Waals surface area contributed by atoms with Gasteiger partial charge < -0.3 is 36.2 Å². The molecule has 0 aromatic heterocycles. The van der Waals surface area contributed by atoms with Crippen molar-refractivity contribution in [2.75, 3.05) is 7.11 Å². The van der Waals surface area contributed by atoms with Gasteiger partial charge in [-0.25, -0.2) is 9.59 Å². The topological polar surface area (TPSA) is 209 Å². The largest absolute Gasteiger partial charge is 0.505 e. The van der Waals surface area contributed by atoms with E-state index in [-0.39, 0.29) is 34.9 Å². The van der Waals surface area contributed by atoms with E-state index >= 15 is 0 Å². The van der Waals surface area contributed by atoms with E-state index in [1.807, 2.05) is 0 Å². The standard InChI is InChI=1S/C19H23Cl2N3O9/c1-33-18(32)19(14(26)12(22)17(30)31)3-2-8(24-19)6-11(16(28)29)23-15(27)7-4-9(20)13(25)10(21)5-7/h4-5,8,11-12,14,24-26H,2-3,6,22H2,1H3,(H,23,27)(H,28,29)(H,30,31)/t8-,11+,12+,14-,19+/m0/s1. The zero-order valence-corrected chi connectivity index (χ0v) is 18.8. The Bertz CT molecular complexity index is 937. The zero-order chi connectivity index (χ0) is 25.1. The fraction of sp³-hybridized carbons (Fsp3) is 0.474. The summed E-state index contributed by atoms with van der Waals surface area (Å²) >= 11 is 11.6. The molecule has 1 saturated heterocycles. The Morgan fingerprint density at radius 3 is 2.30 bits per heavy atom. The SMILES string of the molecule is COC(=O)[C@]1([C@@H](O)[C@@H](N)C(=O)O)CC[C@@H](C[C@@H](NC(=O)c2cc(Cl)c(O)c(Cl)c2)C(=O)O)N1. The van der Waals surface area contributed by atoms with Crippen molar-refractivity contribution in [1.82, 2.24) is 10.6 Å². The van der Waals surface area contributed by atoms with Crippen molar-refractivity contribution in [2.24, 2.45) is 5.73 Å². The molecule has 1 aromatic carbocycles. The number of phenols is 1. The number of carbonyl (C=O) groups is 4. The number of aromatic hydroxyl groups is 1. The molecule has 2 rings (SSSR count). The second-order valence-electron chi connectivity index (χ2n) is 7.54. The summed E-state index contributed by atoms with van der Waals surface area (Å²) in [6.45, 7) is 0. The van der Waals surface area contributed by atoms with Gasteiger partial charge >= 0.3 is 17.9 Å². The first kappa shape index (κ1) is 26.6. The molecule has 1 aliphatic heterocycles. The molecule has 182 valence electrons. The first-order chi connectivity index (χ1) is 15.3. The maximum Gasteiger partial charge on any atom is 0.328 e. The molecule has 8 N–H and O–H groups in total. The summed E-state index contributed by atoms with van der Waals surface area (Å²) in [7, 11) is 1.05. The number of halogens is 2. The van der Waals surface area contributed by atoms with Gasteiger partial charge in [0.15, 0.2) is 5.75 Å². The fourth-order valence-electron chi connectivity index (χ4n) is 3.67. The fourth-order valence-corrected chi connectivity index (χ4v) is 4.16. The highest BCUT2D eigenvalue weighted by Crippen LogP contribution is 2.33. The van der Waals surface area contributed by atoms with Crippen molar-refractivity contribution in [3.63, 3.8) is 0 Å². The number of aliphatic carboxylic acids is 2. The van der Waals surface area contributed by atoms with E-state index in [1.165, 1.54) is 0 Å². The van der Waals surface area contributed by atoms with Crippen molar-refractivity contribution < 1.29 is 44.3 Å². The number of esters is 1. The van der Waals surface area contributed by atoms with Gasteiger partial charge in [0.05, 0.1) is 17.2 Å². The molecule has 33 heavy (non-hydrogen) atoms. The molecule has 1 aromatic rings. The maximum absolute atomic E-state index is 12.5. The lowest BCUT2D eigenvalue weighted by Crippen LogP contribution is -2.65. The first-order valence-electron chi connectivity index (χ1n) is 9.58. The van der Waals surface area contributed by atoms with Gasteiger partial charge in [-0.05, 0) is 31.4 Å². The molecule has 1 fully saturated rings. The highest BCUT2D eigenvalue weighted by molar-refractivity contribution is 6.37.